The first-order valence-electron chi connectivity index (χ1n) is 5.24. The van der Waals surface area contributed by atoms with Crippen molar-refractivity contribution in [3.05, 3.63) is 44.5 Å². The molecule has 3 aromatic heterocycles. The lowest BCUT2D eigenvalue weighted by Crippen LogP contribution is -2.18. The second kappa shape index (κ2) is 5.55. The number of nitrogens with one attached hydrogen (secondary N) is 1. The van der Waals surface area contributed by atoms with Gasteiger partial charge in [0, 0.05) is 18.6 Å². The molecule has 3 rings (SSSR count). The number of fused-ring (bicyclic) bond motifs is 1. The van der Waals surface area contributed by atoms with Gasteiger partial charge in [0.1, 0.15) is 5.39 Å². The van der Waals surface area contributed by atoms with Crippen molar-refractivity contribution in [2.75, 3.05) is 5.73 Å². The Labute approximate surface area is 136 Å². The molecule has 3 aromatic rings. The molecule has 104 valence electrons. The highest BCUT2D eigenvalue weighted by Crippen LogP contribution is 2.25. The summed E-state index contributed by atoms with van der Waals surface area (Å²) in [7, 11) is 0. The summed E-state index contributed by atoms with van der Waals surface area (Å²) in [5.74, 6) is 0.153. The molecule has 0 atom stereocenters. The average molecular weight is 421 g/mol. The first-order chi connectivity index (χ1) is 9.09. The third-order valence-corrected chi connectivity index (χ3v) is 3.61. The quantitative estimate of drug-likeness (QED) is 0.632. The third kappa shape index (κ3) is 2.23. The maximum absolute atomic E-state index is 12.4. The van der Waals surface area contributed by atoms with E-state index in [1.54, 1.807) is 18.5 Å². The highest BCUT2D eigenvalue weighted by molar-refractivity contribution is 9.10. The van der Waals surface area contributed by atoms with Crippen molar-refractivity contribution in [2.24, 2.45) is 0 Å². The molecule has 9 heteroatoms. The van der Waals surface area contributed by atoms with Gasteiger partial charge in [-0.1, -0.05) is 11.6 Å². The molecule has 20 heavy (non-hydrogen) atoms. The van der Waals surface area contributed by atoms with Crippen LogP contribution in [0.25, 0.3) is 16.6 Å². The topological polar surface area (TPSA) is 89.6 Å². The average Bonchev–Trinajstić information content (AvgIpc) is 2.78. The van der Waals surface area contributed by atoms with Gasteiger partial charge in [-0.15, -0.1) is 17.0 Å². The van der Waals surface area contributed by atoms with Gasteiger partial charge in [-0.25, -0.2) is 0 Å². The van der Waals surface area contributed by atoms with Crippen LogP contribution in [0.3, 0.4) is 0 Å². The van der Waals surface area contributed by atoms with Crippen LogP contribution in [0.4, 0.5) is 5.82 Å². The lowest BCUT2D eigenvalue weighted by molar-refractivity contribution is 0.996. The van der Waals surface area contributed by atoms with Crippen LogP contribution in [0, 0.1) is 0 Å². The monoisotopic (exact) mass is 419 g/mol. The third-order valence-electron chi connectivity index (χ3n) is 2.72. The molecule has 0 aliphatic heterocycles. The van der Waals surface area contributed by atoms with Gasteiger partial charge in [-0.3, -0.25) is 19.4 Å². The number of halogens is 3. The fourth-order valence-electron chi connectivity index (χ4n) is 1.84. The van der Waals surface area contributed by atoms with Crippen molar-refractivity contribution >= 4 is 61.2 Å². The first-order valence-corrected chi connectivity index (χ1v) is 6.41. The van der Waals surface area contributed by atoms with Gasteiger partial charge in [-0.05, 0) is 22.0 Å². The van der Waals surface area contributed by atoms with E-state index >= 15 is 0 Å². The van der Waals surface area contributed by atoms with Crippen molar-refractivity contribution in [3.63, 3.8) is 0 Å². The summed E-state index contributed by atoms with van der Waals surface area (Å²) < 4.78 is 2.07. The normalized spacial score (nSPS) is 10.5. The van der Waals surface area contributed by atoms with Crippen LogP contribution < -0.4 is 11.3 Å². The van der Waals surface area contributed by atoms with E-state index < -0.39 is 0 Å². The van der Waals surface area contributed by atoms with E-state index in [1.807, 2.05) is 0 Å². The van der Waals surface area contributed by atoms with E-state index in [2.05, 4.69) is 31.1 Å². The Balaban J connectivity index is 0.00000147. The predicted octanol–water partition coefficient (Wildman–Crippen LogP) is 2.68. The van der Waals surface area contributed by atoms with Gasteiger partial charge < -0.3 is 5.73 Å². The number of aromatic nitrogens is 4. The standard InChI is InChI=1S/C11H7BrClN5O.BrH/c12-5-4-18(7-1-2-15-3-6(7)13)11(19)8-9(5)16-17-10(8)14;/h1-4H,(H3,14,16,17);1H. The zero-order valence-corrected chi connectivity index (χ0v) is 13.9. The largest absolute Gasteiger partial charge is 0.382 e. The van der Waals surface area contributed by atoms with Crippen molar-refractivity contribution in [3.8, 4) is 5.69 Å². The summed E-state index contributed by atoms with van der Waals surface area (Å²) in [5.41, 5.74) is 6.51. The Kier molecular flexibility index (Phi) is 4.17. The molecule has 0 saturated carbocycles. The predicted molar refractivity (Wildman–Crippen MR) is 86.9 cm³/mol. The van der Waals surface area contributed by atoms with Crippen LogP contribution in [0.2, 0.25) is 5.02 Å². The number of nitrogens with zero attached hydrogens (tertiary/aromatic N) is 3. The number of anilines is 1. The summed E-state index contributed by atoms with van der Waals surface area (Å²) in [6.45, 7) is 0. The first kappa shape index (κ1) is 15.0. The van der Waals surface area contributed by atoms with Crippen molar-refractivity contribution < 1.29 is 0 Å². The van der Waals surface area contributed by atoms with E-state index in [9.17, 15) is 4.79 Å². The molecule has 0 radical (unpaired) electrons. The molecule has 0 unspecified atom stereocenters. The second-order valence-electron chi connectivity index (χ2n) is 3.84. The van der Waals surface area contributed by atoms with Gasteiger partial charge >= 0.3 is 0 Å². The van der Waals surface area contributed by atoms with Crippen LogP contribution in [-0.2, 0) is 0 Å². The lowest BCUT2D eigenvalue weighted by Gasteiger charge is -2.08. The van der Waals surface area contributed by atoms with E-state index in [4.69, 9.17) is 17.3 Å². The molecular formula is C11H8Br2ClN5O. The number of aromatic amines is 1. The van der Waals surface area contributed by atoms with E-state index in [0.717, 1.165) is 0 Å². The van der Waals surface area contributed by atoms with E-state index in [1.165, 1.54) is 10.8 Å². The highest BCUT2D eigenvalue weighted by atomic mass is 79.9. The van der Waals surface area contributed by atoms with Crippen LogP contribution in [0.15, 0.2) is 33.9 Å². The number of hydrogen-bond acceptors (Lipinski definition) is 4. The van der Waals surface area contributed by atoms with Crippen molar-refractivity contribution in [2.45, 2.75) is 0 Å². The van der Waals surface area contributed by atoms with Crippen molar-refractivity contribution in [1.29, 1.82) is 0 Å². The van der Waals surface area contributed by atoms with Crippen LogP contribution >= 0.6 is 44.5 Å². The fourth-order valence-corrected chi connectivity index (χ4v) is 2.55. The van der Waals surface area contributed by atoms with Crippen LogP contribution in [-0.4, -0.2) is 19.7 Å². The molecular weight excluding hydrogens is 413 g/mol. The zero-order chi connectivity index (χ0) is 13.6. The molecule has 0 fully saturated rings. The molecule has 3 N–H and O–H groups in total. The van der Waals surface area contributed by atoms with Gasteiger partial charge in [-0.2, -0.15) is 5.10 Å². The van der Waals surface area contributed by atoms with Crippen molar-refractivity contribution in [1.82, 2.24) is 19.7 Å². The van der Waals surface area contributed by atoms with Crippen LogP contribution in [0.5, 0.6) is 0 Å². The number of hydrogen-bond donors (Lipinski definition) is 2. The van der Waals surface area contributed by atoms with E-state index in [0.29, 0.717) is 26.1 Å². The van der Waals surface area contributed by atoms with E-state index in [-0.39, 0.29) is 28.4 Å². The maximum Gasteiger partial charge on any atom is 0.268 e. The minimum Gasteiger partial charge on any atom is -0.382 e. The highest BCUT2D eigenvalue weighted by Gasteiger charge is 2.15. The van der Waals surface area contributed by atoms with Gasteiger partial charge in [0.15, 0.2) is 5.82 Å². The van der Waals surface area contributed by atoms with Gasteiger partial charge in [0.25, 0.3) is 5.56 Å². The Morgan fingerprint density at radius 3 is 2.90 bits per heavy atom. The smallest absolute Gasteiger partial charge is 0.268 e. The van der Waals surface area contributed by atoms with Gasteiger partial charge in [0.05, 0.1) is 20.7 Å². The van der Waals surface area contributed by atoms with Gasteiger partial charge in [0.2, 0.25) is 0 Å². The number of nitrogens with two attached hydrogens (primary N) is 1. The Hall–Kier alpha value is -1.38. The Morgan fingerprint density at radius 2 is 2.20 bits per heavy atom. The number of H-pyrrole nitrogens is 1. The molecule has 0 saturated heterocycles. The van der Waals surface area contributed by atoms with Crippen LogP contribution in [0.1, 0.15) is 0 Å². The fraction of sp³-hybridized carbons (Fsp3) is 0. The SMILES string of the molecule is Br.Nc1n[nH]c2c(Br)cn(-c3ccncc3Cl)c(=O)c12. The lowest BCUT2D eigenvalue weighted by atomic mass is 10.3. The minimum absolute atomic E-state index is 0. The Bertz CT molecular complexity index is 844. The minimum atomic E-state index is -0.294. The molecule has 0 amide bonds. The summed E-state index contributed by atoms with van der Waals surface area (Å²) >= 11 is 9.43. The zero-order valence-electron chi connectivity index (χ0n) is 9.80. The Morgan fingerprint density at radius 1 is 1.45 bits per heavy atom. The number of rotatable bonds is 1. The summed E-state index contributed by atoms with van der Waals surface area (Å²) in [6, 6.07) is 1.65. The maximum atomic E-state index is 12.4. The molecule has 6 nitrogen and oxygen atoms in total. The second-order valence-corrected chi connectivity index (χ2v) is 5.10. The molecule has 0 bridgehead atoms. The molecule has 0 aromatic carbocycles. The molecule has 0 aliphatic carbocycles. The summed E-state index contributed by atoms with van der Waals surface area (Å²) in [4.78, 5) is 16.3. The number of nitrogen functional groups attached to an aromatic ring is 1. The number of pyridine rings is 2. The molecule has 3 heterocycles. The molecule has 0 spiro atoms. The summed E-state index contributed by atoms with van der Waals surface area (Å²) in [5, 5.41) is 7.24. The summed E-state index contributed by atoms with van der Waals surface area (Å²) in [6.07, 6.45) is 4.65. The molecule has 0 aliphatic rings.